The van der Waals surface area contributed by atoms with Crippen LogP contribution in [0.15, 0.2) is 34.9 Å². The van der Waals surface area contributed by atoms with Crippen LogP contribution in [0.3, 0.4) is 0 Å². The van der Waals surface area contributed by atoms with Gasteiger partial charge < -0.3 is 5.32 Å². The number of hydrogen-bond donors (Lipinski definition) is 1. The molecule has 0 radical (unpaired) electrons. The zero-order valence-corrected chi connectivity index (χ0v) is 14.3. The standard InChI is InChI=1S/C15H15BrClN3O/c1-15(2,3)12-13(17)20-11(8-18-12)14(21)19-10-6-4-5-9(16)7-10/h4-8H,1-3H3,(H,19,21). The third-order valence-corrected chi connectivity index (χ3v) is 3.51. The molecule has 1 amide bonds. The normalized spacial score (nSPS) is 11.3. The van der Waals surface area contributed by atoms with E-state index in [2.05, 4.69) is 31.2 Å². The number of anilines is 1. The molecule has 0 bridgehead atoms. The summed E-state index contributed by atoms with van der Waals surface area (Å²) in [5.74, 6) is -0.344. The highest BCUT2D eigenvalue weighted by atomic mass is 79.9. The zero-order valence-electron chi connectivity index (χ0n) is 11.9. The topological polar surface area (TPSA) is 54.9 Å². The van der Waals surface area contributed by atoms with Crippen molar-refractivity contribution in [2.45, 2.75) is 26.2 Å². The monoisotopic (exact) mass is 367 g/mol. The van der Waals surface area contributed by atoms with Crippen molar-refractivity contribution in [3.63, 3.8) is 0 Å². The van der Waals surface area contributed by atoms with E-state index in [1.54, 1.807) is 12.1 Å². The van der Waals surface area contributed by atoms with Crippen molar-refractivity contribution in [3.05, 3.63) is 51.5 Å². The molecule has 1 aromatic carbocycles. The van der Waals surface area contributed by atoms with Crippen LogP contribution in [0.25, 0.3) is 0 Å². The van der Waals surface area contributed by atoms with E-state index in [1.807, 2.05) is 32.9 Å². The Bertz CT molecular complexity index is 683. The van der Waals surface area contributed by atoms with Crippen molar-refractivity contribution in [2.24, 2.45) is 0 Å². The molecule has 0 saturated carbocycles. The lowest BCUT2D eigenvalue weighted by molar-refractivity contribution is 0.102. The molecular formula is C15H15BrClN3O. The van der Waals surface area contributed by atoms with Gasteiger partial charge in [0.15, 0.2) is 5.15 Å². The number of benzene rings is 1. The van der Waals surface area contributed by atoms with Crippen molar-refractivity contribution in [3.8, 4) is 0 Å². The minimum atomic E-state index is -0.344. The molecular weight excluding hydrogens is 354 g/mol. The molecule has 4 nitrogen and oxygen atoms in total. The number of halogens is 2. The highest BCUT2D eigenvalue weighted by Gasteiger charge is 2.21. The Kier molecular flexibility index (Phi) is 4.64. The van der Waals surface area contributed by atoms with Crippen molar-refractivity contribution >= 4 is 39.1 Å². The van der Waals surface area contributed by atoms with E-state index in [4.69, 9.17) is 11.6 Å². The summed E-state index contributed by atoms with van der Waals surface area (Å²) in [4.78, 5) is 20.6. The third kappa shape index (κ3) is 4.02. The second-order valence-electron chi connectivity index (χ2n) is 5.61. The molecule has 0 spiro atoms. The minimum Gasteiger partial charge on any atom is -0.321 e. The highest BCUT2D eigenvalue weighted by Crippen LogP contribution is 2.26. The fraction of sp³-hybridized carbons (Fsp3) is 0.267. The zero-order chi connectivity index (χ0) is 15.6. The Hall–Kier alpha value is -1.46. The van der Waals surface area contributed by atoms with Crippen molar-refractivity contribution in [2.75, 3.05) is 5.32 Å². The van der Waals surface area contributed by atoms with E-state index in [9.17, 15) is 4.79 Å². The van der Waals surface area contributed by atoms with Crippen molar-refractivity contribution < 1.29 is 4.79 Å². The number of aromatic nitrogens is 2. The average molecular weight is 369 g/mol. The Morgan fingerprint density at radius 1 is 1.33 bits per heavy atom. The van der Waals surface area contributed by atoms with Crippen LogP contribution in [0.2, 0.25) is 5.15 Å². The van der Waals surface area contributed by atoms with Crippen LogP contribution in [-0.4, -0.2) is 15.9 Å². The van der Waals surface area contributed by atoms with Crippen LogP contribution >= 0.6 is 27.5 Å². The number of hydrogen-bond acceptors (Lipinski definition) is 3. The summed E-state index contributed by atoms with van der Waals surface area (Å²) in [6.07, 6.45) is 1.44. The van der Waals surface area contributed by atoms with Gasteiger partial charge in [-0.3, -0.25) is 9.78 Å². The van der Waals surface area contributed by atoms with Gasteiger partial charge in [0.05, 0.1) is 11.9 Å². The Balaban J connectivity index is 2.23. The van der Waals surface area contributed by atoms with E-state index < -0.39 is 0 Å². The maximum absolute atomic E-state index is 12.2. The fourth-order valence-electron chi connectivity index (χ4n) is 1.74. The molecule has 110 valence electrons. The van der Waals surface area contributed by atoms with E-state index in [0.717, 1.165) is 4.47 Å². The van der Waals surface area contributed by atoms with Crippen LogP contribution in [0.5, 0.6) is 0 Å². The Morgan fingerprint density at radius 3 is 2.62 bits per heavy atom. The lowest BCUT2D eigenvalue weighted by Crippen LogP contribution is -2.19. The molecule has 2 rings (SSSR count). The number of carbonyl (C=O) groups excluding carboxylic acids is 1. The predicted molar refractivity (Wildman–Crippen MR) is 87.8 cm³/mol. The van der Waals surface area contributed by atoms with Gasteiger partial charge in [-0.05, 0) is 18.2 Å². The van der Waals surface area contributed by atoms with Gasteiger partial charge in [-0.1, -0.05) is 54.4 Å². The molecule has 0 atom stereocenters. The molecule has 0 unspecified atom stereocenters. The van der Waals surface area contributed by atoms with E-state index in [-0.39, 0.29) is 22.2 Å². The first-order valence-electron chi connectivity index (χ1n) is 6.37. The van der Waals surface area contributed by atoms with E-state index >= 15 is 0 Å². The van der Waals surface area contributed by atoms with Gasteiger partial charge >= 0.3 is 0 Å². The highest BCUT2D eigenvalue weighted by molar-refractivity contribution is 9.10. The first-order valence-corrected chi connectivity index (χ1v) is 7.54. The largest absolute Gasteiger partial charge is 0.321 e. The summed E-state index contributed by atoms with van der Waals surface area (Å²) >= 11 is 9.48. The number of amides is 1. The summed E-state index contributed by atoms with van der Waals surface area (Å²) in [6, 6.07) is 7.31. The van der Waals surface area contributed by atoms with Gasteiger partial charge in [0.25, 0.3) is 5.91 Å². The molecule has 1 heterocycles. The lowest BCUT2D eigenvalue weighted by atomic mass is 9.92. The second kappa shape index (κ2) is 6.12. The maximum atomic E-state index is 12.2. The van der Waals surface area contributed by atoms with Crippen LogP contribution in [-0.2, 0) is 5.41 Å². The molecule has 0 aliphatic carbocycles. The molecule has 1 aromatic heterocycles. The second-order valence-corrected chi connectivity index (χ2v) is 6.88. The van der Waals surface area contributed by atoms with Crippen LogP contribution < -0.4 is 5.32 Å². The van der Waals surface area contributed by atoms with Gasteiger partial charge in [-0.2, -0.15) is 0 Å². The van der Waals surface area contributed by atoms with Crippen molar-refractivity contribution in [1.82, 2.24) is 9.97 Å². The smallest absolute Gasteiger partial charge is 0.275 e. The van der Waals surface area contributed by atoms with E-state index in [0.29, 0.717) is 11.4 Å². The third-order valence-electron chi connectivity index (χ3n) is 2.76. The number of rotatable bonds is 2. The molecule has 0 aliphatic heterocycles. The number of carbonyl (C=O) groups is 1. The van der Waals surface area contributed by atoms with Gasteiger partial charge in [0.2, 0.25) is 0 Å². The summed E-state index contributed by atoms with van der Waals surface area (Å²) in [5, 5.41) is 3.01. The molecule has 6 heteroatoms. The number of nitrogens with zero attached hydrogens (tertiary/aromatic N) is 2. The molecule has 0 saturated heterocycles. The first kappa shape index (κ1) is 15.9. The molecule has 0 aliphatic rings. The maximum Gasteiger partial charge on any atom is 0.275 e. The molecule has 0 fully saturated rings. The number of nitrogens with one attached hydrogen (secondary N) is 1. The van der Waals surface area contributed by atoms with E-state index in [1.165, 1.54) is 6.20 Å². The van der Waals surface area contributed by atoms with Gasteiger partial charge in [0.1, 0.15) is 5.69 Å². The SMILES string of the molecule is CC(C)(C)c1ncc(C(=O)Nc2cccc(Br)c2)nc1Cl. The van der Waals surface area contributed by atoms with Crippen LogP contribution in [0.1, 0.15) is 37.0 Å². The quantitative estimate of drug-likeness (QED) is 0.852. The lowest BCUT2D eigenvalue weighted by Gasteiger charge is -2.18. The average Bonchev–Trinajstić information content (AvgIpc) is 2.37. The van der Waals surface area contributed by atoms with Gasteiger partial charge in [-0.25, -0.2) is 4.98 Å². The minimum absolute atomic E-state index is 0.188. The van der Waals surface area contributed by atoms with Crippen LogP contribution in [0, 0.1) is 0 Å². The van der Waals surface area contributed by atoms with Gasteiger partial charge in [-0.15, -0.1) is 0 Å². The summed E-state index contributed by atoms with van der Waals surface area (Å²) in [6.45, 7) is 5.97. The first-order chi connectivity index (χ1) is 9.77. The molecule has 1 N–H and O–H groups in total. The van der Waals surface area contributed by atoms with Crippen molar-refractivity contribution in [1.29, 1.82) is 0 Å². The van der Waals surface area contributed by atoms with Crippen LogP contribution in [0.4, 0.5) is 5.69 Å². The summed E-state index contributed by atoms with van der Waals surface area (Å²) in [5.41, 5.74) is 1.31. The Labute approximate surface area is 137 Å². The summed E-state index contributed by atoms with van der Waals surface area (Å²) < 4.78 is 0.882. The predicted octanol–water partition coefficient (Wildman–Crippen LogP) is 4.44. The fourth-order valence-corrected chi connectivity index (χ4v) is 2.56. The molecule has 2 aromatic rings. The molecule has 21 heavy (non-hydrogen) atoms. The Morgan fingerprint density at radius 2 is 2.05 bits per heavy atom. The summed E-state index contributed by atoms with van der Waals surface area (Å²) in [7, 11) is 0. The van der Waals surface area contributed by atoms with Gasteiger partial charge in [0, 0.05) is 15.6 Å².